The van der Waals surface area contributed by atoms with E-state index >= 15 is 0 Å². The number of carbonyl (C=O) groups excluding carboxylic acids is 1. The van der Waals surface area contributed by atoms with Gasteiger partial charge in [-0.2, -0.15) is 18.0 Å². The van der Waals surface area contributed by atoms with Gasteiger partial charge >= 0.3 is 16.3 Å². The van der Waals surface area contributed by atoms with E-state index in [1.807, 2.05) is 4.72 Å². The van der Waals surface area contributed by atoms with Crippen LogP contribution in [0.1, 0.15) is 24.6 Å². The minimum absolute atomic E-state index is 0.0425. The van der Waals surface area contributed by atoms with Crippen molar-refractivity contribution >= 4 is 32.9 Å². The van der Waals surface area contributed by atoms with Crippen molar-refractivity contribution in [3.05, 3.63) is 53.6 Å². The molecule has 4 rings (SSSR count). The van der Waals surface area contributed by atoms with Gasteiger partial charge in [0.05, 0.1) is 19.3 Å². The summed E-state index contributed by atoms with van der Waals surface area (Å²) >= 11 is 0. The third kappa shape index (κ3) is 4.82. The molecule has 3 aromatic rings. The van der Waals surface area contributed by atoms with Crippen molar-refractivity contribution in [2.45, 2.75) is 13.3 Å². The maximum atomic E-state index is 14.1. The largest absolute Gasteiger partial charge is 0.496 e. The number of hydrogen-bond acceptors (Lipinski definition) is 7. The van der Waals surface area contributed by atoms with Gasteiger partial charge in [0.2, 0.25) is 0 Å². The number of benzene rings is 1. The molecule has 0 atom stereocenters. The summed E-state index contributed by atoms with van der Waals surface area (Å²) in [4.78, 5) is 19.1. The number of pyridine rings is 1. The third-order valence-corrected chi connectivity index (χ3v) is 6.99. The maximum Gasteiger partial charge on any atom is 0.421 e. The van der Waals surface area contributed by atoms with Crippen molar-refractivity contribution in [2.75, 3.05) is 26.8 Å². The van der Waals surface area contributed by atoms with Gasteiger partial charge in [-0.15, -0.1) is 0 Å². The molecule has 3 heterocycles. The molecule has 35 heavy (non-hydrogen) atoms. The molecule has 12 heteroatoms. The number of halogens is 1. The van der Waals surface area contributed by atoms with E-state index in [-0.39, 0.29) is 25.3 Å². The van der Waals surface area contributed by atoms with E-state index in [9.17, 15) is 22.9 Å². The van der Waals surface area contributed by atoms with Gasteiger partial charge < -0.3 is 14.5 Å². The van der Waals surface area contributed by atoms with E-state index in [1.54, 1.807) is 19.1 Å². The number of aromatic amines is 1. The minimum Gasteiger partial charge on any atom is -0.496 e. The Morgan fingerprint density at radius 2 is 2.17 bits per heavy atom. The van der Waals surface area contributed by atoms with Crippen LogP contribution in [0.15, 0.2) is 36.5 Å². The summed E-state index contributed by atoms with van der Waals surface area (Å²) in [6, 6.07) is 7.98. The Bertz CT molecular complexity index is 1480. The van der Waals surface area contributed by atoms with Gasteiger partial charge in [0, 0.05) is 41.5 Å². The Balaban J connectivity index is 1.69. The number of aromatic nitrogens is 2. The Hall–Kier alpha value is -3.95. The van der Waals surface area contributed by atoms with Crippen molar-refractivity contribution in [1.29, 1.82) is 5.26 Å². The van der Waals surface area contributed by atoms with E-state index in [2.05, 4.69) is 20.8 Å². The molecule has 0 saturated heterocycles. The number of fused-ring (bicyclic) bond motifs is 1. The van der Waals surface area contributed by atoms with Crippen LogP contribution in [0.2, 0.25) is 0 Å². The normalized spacial score (nSPS) is 14.3. The lowest BCUT2D eigenvalue weighted by molar-refractivity contribution is 0.158. The number of ether oxygens (including phenoxy) is 2. The van der Waals surface area contributed by atoms with E-state index < -0.39 is 22.1 Å². The fraction of sp³-hybridized carbons (Fsp3) is 0.261. The topological polar surface area (TPSA) is 137 Å². The molecular weight excluding hydrogens is 477 g/mol. The second kappa shape index (κ2) is 9.73. The molecule has 0 unspecified atom stereocenters. The third-order valence-electron chi connectivity index (χ3n) is 5.56. The lowest BCUT2D eigenvalue weighted by atomic mass is 9.97. The molecule has 2 N–H and O–H groups in total. The molecule has 1 aliphatic rings. The van der Waals surface area contributed by atoms with Crippen molar-refractivity contribution in [2.24, 2.45) is 0 Å². The minimum atomic E-state index is -4.04. The number of rotatable bonds is 6. The number of nitrogens with zero attached hydrogens (tertiary/aromatic N) is 3. The maximum absolute atomic E-state index is 14.1. The van der Waals surface area contributed by atoms with Crippen LogP contribution in [-0.2, 0) is 14.9 Å². The Morgan fingerprint density at radius 3 is 2.83 bits per heavy atom. The standard InChI is InChI=1S/C23H22FN5O5S/c1-3-34-23(30)28-35(31,32)29-8-6-14(7-9-29)19-11-18-21(15(12-25)13-26-22(18)27-19)17-10-16(24)4-5-20(17)33-2/h4-6,10-11,13H,3,7-9H2,1-2H3,(H,26,27)(H,28,30). The van der Waals surface area contributed by atoms with Crippen LogP contribution in [0.3, 0.4) is 0 Å². The molecule has 0 bridgehead atoms. The highest BCUT2D eigenvalue weighted by Crippen LogP contribution is 2.38. The van der Waals surface area contributed by atoms with Crippen molar-refractivity contribution in [1.82, 2.24) is 19.0 Å². The van der Waals surface area contributed by atoms with Gasteiger partial charge in [-0.3, -0.25) is 0 Å². The number of methoxy groups -OCH3 is 1. The number of nitriles is 1. The van der Waals surface area contributed by atoms with Gasteiger partial charge in [-0.05, 0) is 43.2 Å². The molecule has 182 valence electrons. The number of H-pyrrole nitrogens is 1. The SMILES string of the molecule is CCOC(=O)NS(=O)(=O)N1CC=C(c2cc3c(-c4cc(F)ccc4OC)c(C#N)cnc3[nH]2)CC1. The predicted molar refractivity (Wildman–Crippen MR) is 126 cm³/mol. The predicted octanol–water partition coefficient (Wildman–Crippen LogP) is 3.33. The molecule has 10 nitrogen and oxygen atoms in total. The molecule has 0 radical (unpaired) electrons. The summed E-state index contributed by atoms with van der Waals surface area (Å²) in [7, 11) is -2.58. The highest BCUT2D eigenvalue weighted by Gasteiger charge is 2.27. The number of carbonyl (C=O) groups is 1. The van der Waals surface area contributed by atoms with E-state index in [0.717, 1.165) is 9.88 Å². The van der Waals surface area contributed by atoms with Gasteiger partial charge in [-0.25, -0.2) is 18.9 Å². The molecule has 0 spiro atoms. The number of amides is 1. The monoisotopic (exact) mass is 499 g/mol. The lowest BCUT2D eigenvalue weighted by Gasteiger charge is -2.25. The second-order valence-corrected chi connectivity index (χ2v) is 9.28. The second-order valence-electron chi connectivity index (χ2n) is 7.61. The first-order valence-corrected chi connectivity index (χ1v) is 12.1. The highest BCUT2D eigenvalue weighted by atomic mass is 32.2. The summed E-state index contributed by atoms with van der Waals surface area (Å²) in [6.45, 7) is 1.81. The van der Waals surface area contributed by atoms with Crippen LogP contribution in [0.4, 0.5) is 9.18 Å². The molecule has 0 aliphatic carbocycles. The Kier molecular flexibility index (Phi) is 6.72. The summed E-state index contributed by atoms with van der Waals surface area (Å²) in [5.74, 6) is -0.0666. The molecular formula is C23H22FN5O5S. The molecule has 2 aromatic heterocycles. The molecule has 1 aliphatic heterocycles. The zero-order valence-corrected chi connectivity index (χ0v) is 19.8. The average Bonchev–Trinajstić information content (AvgIpc) is 3.27. The number of nitrogens with one attached hydrogen (secondary N) is 2. The van der Waals surface area contributed by atoms with E-state index in [4.69, 9.17) is 4.74 Å². The quantitative estimate of drug-likeness (QED) is 0.531. The summed E-state index contributed by atoms with van der Waals surface area (Å²) in [5.41, 5.74) is 3.17. The van der Waals surface area contributed by atoms with Crippen LogP contribution >= 0.6 is 0 Å². The lowest BCUT2D eigenvalue weighted by Crippen LogP contribution is -2.45. The first-order valence-electron chi connectivity index (χ1n) is 10.7. The van der Waals surface area contributed by atoms with Gasteiger partial charge in [0.1, 0.15) is 23.3 Å². The fourth-order valence-corrected chi connectivity index (χ4v) is 4.94. The van der Waals surface area contributed by atoms with E-state index in [0.29, 0.717) is 40.0 Å². The molecule has 0 fully saturated rings. The molecule has 1 amide bonds. The van der Waals surface area contributed by atoms with Crippen LogP contribution in [0.5, 0.6) is 5.75 Å². The smallest absolute Gasteiger partial charge is 0.421 e. The van der Waals surface area contributed by atoms with Crippen LogP contribution < -0.4 is 9.46 Å². The highest BCUT2D eigenvalue weighted by molar-refractivity contribution is 7.87. The zero-order chi connectivity index (χ0) is 25.2. The summed E-state index contributed by atoms with van der Waals surface area (Å²) < 4.78 is 52.0. The fourth-order valence-electron chi connectivity index (χ4n) is 3.94. The first-order chi connectivity index (χ1) is 16.8. The van der Waals surface area contributed by atoms with Crippen molar-refractivity contribution in [3.8, 4) is 22.9 Å². The molecule has 1 aromatic carbocycles. The molecule has 0 saturated carbocycles. The average molecular weight is 500 g/mol. The number of hydrogen-bond donors (Lipinski definition) is 2. The van der Waals surface area contributed by atoms with Gasteiger partial charge in [-0.1, -0.05) is 6.08 Å². The van der Waals surface area contributed by atoms with Gasteiger partial charge in [0.15, 0.2) is 0 Å². The Labute approximate surface area is 201 Å². The van der Waals surface area contributed by atoms with Crippen LogP contribution in [-0.4, -0.2) is 55.6 Å². The zero-order valence-electron chi connectivity index (χ0n) is 19.0. The van der Waals surface area contributed by atoms with Crippen molar-refractivity contribution < 1.29 is 27.1 Å². The summed E-state index contributed by atoms with van der Waals surface area (Å²) in [6.07, 6.45) is 2.47. The first kappa shape index (κ1) is 24.2. The van der Waals surface area contributed by atoms with Gasteiger partial charge in [0.25, 0.3) is 0 Å². The van der Waals surface area contributed by atoms with Crippen LogP contribution in [0, 0.1) is 17.1 Å². The van der Waals surface area contributed by atoms with E-state index in [1.165, 1.54) is 31.5 Å². The summed E-state index contributed by atoms with van der Waals surface area (Å²) in [5, 5.41) is 10.3. The Morgan fingerprint density at radius 1 is 1.37 bits per heavy atom. The van der Waals surface area contributed by atoms with Crippen LogP contribution in [0.25, 0.3) is 27.7 Å². The van der Waals surface area contributed by atoms with Crippen molar-refractivity contribution in [3.63, 3.8) is 0 Å².